The predicted molar refractivity (Wildman–Crippen MR) is 125 cm³/mol. The minimum atomic E-state index is -3.90. The number of sulfonamides is 1. The first kappa shape index (κ1) is 24.7. The number of aromatic nitrogens is 1. The number of ether oxygens (including phenoxy) is 1. The van der Waals surface area contributed by atoms with Gasteiger partial charge in [0.15, 0.2) is 11.6 Å². The number of carbonyl (C=O) groups excluding carboxylic acids is 2. The van der Waals surface area contributed by atoms with Gasteiger partial charge in [-0.3, -0.25) is 9.59 Å². The number of carbonyl (C=O) groups is 2. The lowest BCUT2D eigenvalue weighted by Crippen LogP contribution is -2.35. The zero-order valence-corrected chi connectivity index (χ0v) is 19.7. The molecule has 0 radical (unpaired) electrons. The van der Waals surface area contributed by atoms with Crippen LogP contribution in [0.25, 0.3) is 0 Å². The summed E-state index contributed by atoms with van der Waals surface area (Å²) < 4.78 is 32.5. The molecule has 1 heterocycles. The van der Waals surface area contributed by atoms with Crippen molar-refractivity contribution in [3.05, 3.63) is 42.6 Å². The molecule has 0 bridgehead atoms. The van der Waals surface area contributed by atoms with Crippen LogP contribution in [0.3, 0.4) is 0 Å². The molecule has 9 nitrogen and oxygen atoms in total. The van der Waals surface area contributed by atoms with E-state index in [-0.39, 0.29) is 16.6 Å². The van der Waals surface area contributed by atoms with E-state index in [1.54, 1.807) is 18.3 Å². The molecular weight excluding hydrogens is 444 g/mol. The number of hydrogen-bond donors (Lipinski definition) is 2. The molecule has 1 aromatic carbocycles. The number of likely N-dealkylation sites (N-methyl/N-ethyl adjacent to an activating group) is 1. The molecule has 3 rings (SSSR count). The van der Waals surface area contributed by atoms with Crippen LogP contribution in [0.2, 0.25) is 0 Å². The third kappa shape index (κ3) is 7.00. The SMILES string of the molecule is CC(=O)Nc1ccc(S(=O)(=O)N(C)CC(=O)Nc2ncccc2OCC2CCCCC2)cc1. The van der Waals surface area contributed by atoms with Crippen molar-refractivity contribution in [2.45, 2.75) is 43.9 Å². The van der Waals surface area contributed by atoms with Gasteiger partial charge in [0, 0.05) is 25.9 Å². The number of anilines is 2. The van der Waals surface area contributed by atoms with Crippen LogP contribution in [-0.2, 0) is 19.6 Å². The maximum absolute atomic E-state index is 12.8. The van der Waals surface area contributed by atoms with Gasteiger partial charge in [-0.1, -0.05) is 19.3 Å². The van der Waals surface area contributed by atoms with Crippen LogP contribution in [0.1, 0.15) is 39.0 Å². The molecule has 0 aliphatic heterocycles. The molecule has 0 spiro atoms. The second kappa shape index (κ2) is 11.2. The first-order chi connectivity index (χ1) is 15.8. The van der Waals surface area contributed by atoms with E-state index in [9.17, 15) is 18.0 Å². The van der Waals surface area contributed by atoms with Crippen LogP contribution in [0.4, 0.5) is 11.5 Å². The molecule has 1 aromatic heterocycles. The highest BCUT2D eigenvalue weighted by atomic mass is 32.2. The fourth-order valence-corrected chi connectivity index (χ4v) is 4.84. The third-order valence-electron chi connectivity index (χ3n) is 5.48. The van der Waals surface area contributed by atoms with Crippen molar-refractivity contribution in [1.82, 2.24) is 9.29 Å². The zero-order chi connectivity index (χ0) is 23.8. The second-order valence-electron chi connectivity index (χ2n) is 8.18. The van der Waals surface area contributed by atoms with Crippen LogP contribution < -0.4 is 15.4 Å². The highest BCUT2D eigenvalue weighted by molar-refractivity contribution is 7.89. The normalized spacial score (nSPS) is 14.6. The van der Waals surface area contributed by atoms with Crippen molar-refractivity contribution < 1.29 is 22.7 Å². The quantitative estimate of drug-likeness (QED) is 0.576. The van der Waals surface area contributed by atoms with E-state index in [4.69, 9.17) is 4.74 Å². The number of hydrogen-bond acceptors (Lipinski definition) is 6. The fraction of sp³-hybridized carbons (Fsp3) is 0.435. The lowest BCUT2D eigenvalue weighted by molar-refractivity contribution is -0.116. The van der Waals surface area contributed by atoms with Crippen LogP contribution in [0.5, 0.6) is 5.75 Å². The number of rotatable bonds is 9. The Bertz CT molecular complexity index is 1070. The molecule has 0 unspecified atom stereocenters. The largest absolute Gasteiger partial charge is 0.489 e. The summed E-state index contributed by atoms with van der Waals surface area (Å²) in [7, 11) is -2.57. The van der Waals surface area contributed by atoms with Gasteiger partial charge in [-0.25, -0.2) is 13.4 Å². The Kier molecular flexibility index (Phi) is 8.40. The average molecular weight is 475 g/mol. The highest BCUT2D eigenvalue weighted by Gasteiger charge is 2.24. The van der Waals surface area contributed by atoms with E-state index in [0.717, 1.165) is 17.1 Å². The van der Waals surface area contributed by atoms with Crippen LogP contribution in [-0.4, -0.2) is 49.7 Å². The third-order valence-corrected chi connectivity index (χ3v) is 7.29. The summed E-state index contributed by atoms with van der Waals surface area (Å²) in [5.41, 5.74) is 0.484. The van der Waals surface area contributed by atoms with Gasteiger partial charge in [-0.05, 0) is 55.2 Å². The number of nitrogens with zero attached hydrogens (tertiary/aromatic N) is 2. The molecule has 10 heteroatoms. The maximum atomic E-state index is 12.8. The van der Waals surface area contributed by atoms with Crippen molar-refractivity contribution in [3.8, 4) is 5.75 Å². The number of benzene rings is 1. The molecule has 178 valence electrons. The minimum absolute atomic E-state index is 0.0150. The van der Waals surface area contributed by atoms with Gasteiger partial charge in [0.1, 0.15) is 0 Å². The maximum Gasteiger partial charge on any atom is 0.243 e. The van der Waals surface area contributed by atoms with Gasteiger partial charge in [-0.2, -0.15) is 4.31 Å². The molecule has 2 amide bonds. The first-order valence-electron chi connectivity index (χ1n) is 11.0. The van der Waals surface area contributed by atoms with E-state index in [1.807, 2.05) is 0 Å². The Hall–Kier alpha value is -2.98. The van der Waals surface area contributed by atoms with Crippen LogP contribution in [0, 0.1) is 5.92 Å². The fourth-order valence-electron chi connectivity index (χ4n) is 3.71. The van der Waals surface area contributed by atoms with Gasteiger partial charge in [-0.15, -0.1) is 0 Å². The Labute approximate surface area is 194 Å². The topological polar surface area (TPSA) is 118 Å². The first-order valence-corrected chi connectivity index (χ1v) is 12.4. The molecule has 2 aromatic rings. The molecular formula is C23H30N4O5S. The molecule has 1 aliphatic rings. The van der Waals surface area contributed by atoms with Gasteiger partial charge in [0.25, 0.3) is 0 Å². The Morgan fingerprint density at radius 1 is 1.09 bits per heavy atom. The molecule has 1 fully saturated rings. The van der Waals surface area contributed by atoms with E-state index < -0.39 is 22.5 Å². The second-order valence-corrected chi connectivity index (χ2v) is 10.2. The standard InChI is InChI=1S/C23H30N4O5S/c1-17(28)25-19-10-12-20(13-11-19)33(30,31)27(2)15-22(29)26-23-21(9-6-14-24-23)32-16-18-7-4-3-5-8-18/h6,9-14,18H,3-5,7-8,15-16H2,1-2H3,(H,25,28)(H,24,26,29). The van der Waals surface area contributed by atoms with Crippen molar-refractivity contribution in [2.24, 2.45) is 5.92 Å². The number of amides is 2. The lowest BCUT2D eigenvalue weighted by Gasteiger charge is -2.22. The van der Waals surface area contributed by atoms with Crippen molar-refractivity contribution in [1.29, 1.82) is 0 Å². The van der Waals surface area contributed by atoms with E-state index in [0.29, 0.717) is 24.0 Å². The Balaban J connectivity index is 1.60. The summed E-state index contributed by atoms with van der Waals surface area (Å²) in [6, 6.07) is 9.21. The van der Waals surface area contributed by atoms with E-state index in [2.05, 4.69) is 15.6 Å². The zero-order valence-electron chi connectivity index (χ0n) is 18.9. The number of nitrogens with one attached hydrogen (secondary N) is 2. The predicted octanol–water partition coefficient (Wildman–Crippen LogP) is 3.26. The Morgan fingerprint density at radius 3 is 2.45 bits per heavy atom. The highest BCUT2D eigenvalue weighted by Crippen LogP contribution is 2.27. The molecule has 33 heavy (non-hydrogen) atoms. The minimum Gasteiger partial charge on any atom is -0.489 e. The summed E-state index contributed by atoms with van der Waals surface area (Å²) in [6.45, 7) is 1.54. The van der Waals surface area contributed by atoms with Crippen molar-refractivity contribution in [3.63, 3.8) is 0 Å². The van der Waals surface area contributed by atoms with Gasteiger partial charge in [0.05, 0.1) is 18.0 Å². The van der Waals surface area contributed by atoms with E-state index >= 15 is 0 Å². The molecule has 0 saturated heterocycles. The average Bonchev–Trinajstić information content (AvgIpc) is 2.79. The van der Waals surface area contributed by atoms with Gasteiger partial charge in [0.2, 0.25) is 21.8 Å². The lowest BCUT2D eigenvalue weighted by atomic mass is 9.90. The Morgan fingerprint density at radius 2 is 1.79 bits per heavy atom. The molecule has 0 atom stereocenters. The van der Waals surface area contributed by atoms with Gasteiger partial charge < -0.3 is 15.4 Å². The van der Waals surface area contributed by atoms with Crippen LogP contribution >= 0.6 is 0 Å². The van der Waals surface area contributed by atoms with E-state index in [1.165, 1.54) is 57.5 Å². The van der Waals surface area contributed by atoms with Crippen molar-refractivity contribution >= 4 is 33.3 Å². The molecule has 2 N–H and O–H groups in total. The smallest absolute Gasteiger partial charge is 0.243 e. The summed E-state index contributed by atoms with van der Waals surface area (Å²) >= 11 is 0. The number of pyridine rings is 1. The summed E-state index contributed by atoms with van der Waals surface area (Å²) in [4.78, 5) is 27.9. The molecule has 1 saturated carbocycles. The summed E-state index contributed by atoms with van der Waals surface area (Å²) in [6.07, 6.45) is 7.50. The molecule has 1 aliphatic carbocycles. The monoisotopic (exact) mass is 474 g/mol. The summed E-state index contributed by atoms with van der Waals surface area (Å²) in [5.74, 6) is 0.447. The van der Waals surface area contributed by atoms with Crippen LogP contribution in [0.15, 0.2) is 47.5 Å². The summed E-state index contributed by atoms with van der Waals surface area (Å²) in [5, 5.41) is 5.23. The van der Waals surface area contributed by atoms with Crippen molar-refractivity contribution in [2.75, 3.05) is 30.8 Å². The van der Waals surface area contributed by atoms with Gasteiger partial charge >= 0.3 is 0 Å².